The van der Waals surface area contributed by atoms with Crippen molar-refractivity contribution in [3.63, 3.8) is 0 Å². The lowest BCUT2D eigenvalue weighted by molar-refractivity contribution is -0.149. The first kappa shape index (κ1) is 26.2. The minimum Gasteiger partial charge on any atom is -0.478 e. The number of nitrogens with one attached hydrogen (secondary N) is 1. The van der Waals surface area contributed by atoms with Gasteiger partial charge in [0.15, 0.2) is 17.7 Å². The summed E-state index contributed by atoms with van der Waals surface area (Å²) in [6.07, 6.45) is 8.03. The minimum absolute atomic E-state index is 0.00985. The van der Waals surface area contributed by atoms with Crippen LogP contribution in [-0.4, -0.2) is 67.0 Å². The molecule has 2 aromatic carbocycles. The monoisotopic (exact) mass is 539 g/mol. The number of carbonyl (C=O) groups is 3. The summed E-state index contributed by atoms with van der Waals surface area (Å²) in [5.74, 6) is -0.00369. The maximum Gasteiger partial charge on any atom is 0.309 e. The largest absolute Gasteiger partial charge is 0.478 e. The molecule has 0 bridgehead atoms. The molecule has 2 aliphatic heterocycles. The van der Waals surface area contributed by atoms with Crippen LogP contribution in [0.25, 0.3) is 0 Å². The number of esters is 1. The lowest BCUT2D eigenvalue weighted by atomic mass is 9.81. The second kappa shape index (κ2) is 10.8. The Morgan fingerprint density at radius 3 is 2.58 bits per heavy atom. The molecule has 1 fully saturated rings. The third-order valence-electron chi connectivity index (χ3n) is 8.01. The Balaban J connectivity index is 1.23. The van der Waals surface area contributed by atoms with E-state index in [1.165, 1.54) is 0 Å². The third-order valence-corrected chi connectivity index (χ3v) is 8.01. The van der Waals surface area contributed by atoms with E-state index in [1.807, 2.05) is 38.1 Å². The number of allylic oxidation sites excluding steroid dienone is 2. The molecule has 0 amide bonds. The number of aliphatic imine (C=N–C) groups is 1. The van der Waals surface area contributed by atoms with Gasteiger partial charge in [-0.1, -0.05) is 30.3 Å². The fraction of sp³-hybridized carbons (Fsp3) is 0.375. The standard InChI is InChI=1S/C32H33N3O5/c1-3-39-32(38)20-11-15-35(16-12-20)14-6-13-33-24-18-26-29(34-23-17-19(2)9-10-25(23)40-26)28-27(24)30(36)21-7-4-5-8-22(21)31(28)37/h4-5,7-10,17-18,20,25,33H,3,6,11-16H2,1-2H3. The van der Waals surface area contributed by atoms with Crippen molar-refractivity contribution in [1.29, 1.82) is 0 Å². The Hall–Kier alpha value is -4.04. The number of ether oxygens (including phenoxy) is 2. The number of piperidine rings is 1. The Morgan fingerprint density at radius 1 is 1.12 bits per heavy atom. The number of benzene rings is 2. The van der Waals surface area contributed by atoms with E-state index >= 15 is 0 Å². The van der Waals surface area contributed by atoms with Crippen LogP contribution in [0.15, 0.2) is 59.1 Å². The van der Waals surface area contributed by atoms with E-state index in [2.05, 4.69) is 10.2 Å². The average Bonchev–Trinajstić information content (AvgIpc) is 2.97. The second-order valence-electron chi connectivity index (χ2n) is 10.7. The van der Waals surface area contributed by atoms with E-state index < -0.39 is 0 Å². The van der Waals surface area contributed by atoms with E-state index in [-0.39, 0.29) is 29.6 Å². The maximum absolute atomic E-state index is 13.8. The lowest BCUT2D eigenvalue weighted by Crippen LogP contribution is -2.37. The Kier molecular flexibility index (Phi) is 7.11. The number of likely N-dealkylation sites (tertiary alicyclic amines) is 1. The molecule has 2 heterocycles. The number of fused-ring (bicyclic) bond motifs is 5. The summed E-state index contributed by atoms with van der Waals surface area (Å²) < 4.78 is 11.5. The van der Waals surface area contributed by atoms with Gasteiger partial charge in [-0.2, -0.15) is 0 Å². The van der Waals surface area contributed by atoms with Gasteiger partial charge in [0, 0.05) is 29.4 Å². The minimum atomic E-state index is -0.332. The number of rotatable bonds is 7. The van der Waals surface area contributed by atoms with Gasteiger partial charge in [0.1, 0.15) is 11.4 Å². The van der Waals surface area contributed by atoms with Crippen molar-refractivity contribution in [2.24, 2.45) is 10.9 Å². The quantitative estimate of drug-likeness (QED) is 0.337. The zero-order chi connectivity index (χ0) is 27.8. The molecule has 0 spiro atoms. The highest BCUT2D eigenvalue weighted by atomic mass is 16.5. The van der Waals surface area contributed by atoms with E-state index in [9.17, 15) is 14.4 Å². The van der Waals surface area contributed by atoms with Crippen molar-refractivity contribution >= 4 is 34.6 Å². The lowest BCUT2D eigenvalue weighted by Gasteiger charge is -2.31. The Labute approximate surface area is 233 Å². The van der Waals surface area contributed by atoms with Crippen molar-refractivity contribution in [2.75, 3.05) is 38.1 Å². The molecule has 1 atom stereocenters. The molecule has 1 saturated heterocycles. The first-order valence-corrected chi connectivity index (χ1v) is 14.1. The molecule has 6 rings (SSSR count). The topological polar surface area (TPSA) is 97.3 Å². The van der Waals surface area contributed by atoms with E-state index in [0.717, 1.165) is 50.2 Å². The Morgan fingerprint density at radius 2 is 1.85 bits per heavy atom. The van der Waals surface area contributed by atoms with Crippen LogP contribution in [-0.2, 0) is 9.53 Å². The predicted molar refractivity (Wildman–Crippen MR) is 153 cm³/mol. The molecule has 8 heteroatoms. The van der Waals surface area contributed by atoms with Gasteiger partial charge in [0.25, 0.3) is 0 Å². The zero-order valence-corrected chi connectivity index (χ0v) is 22.9. The molecule has 1 N–H and O–H groups in total. The van der Waals surface area contributed by atoms with Gasteiger partial charge in [-0.25, -0.2) is 4.99 Å². The number of carbonyl (C=O) groups excluding carboxylic acids is 3. The summed E-state index contributed by atoms with van der Waals surface area (Å²) in [5, 5.41) is 3.43. The predicted octanol–water partition coefficient (Wildman–Crippen LogP) is 4.89. The summed E-state index contributed by atoms with van der Waals surface area (Å²) in [7, 11) is 0. The number of anilines is 1. The van der Waals surface area contributed by atoms with Crippen molar-refractivity contribution in [2.45, 2.75) is 39.2 Å². The number of ketones is 2. The van der Waals surface area contributed by atoms with E-state index in [4.69, 9.17) is 14.5 Å². The highest BCUT2D eigenvalue weighted by Crippen LogP contribution is 2.46. The fourth-order valence-electron chi connectivity index (χ4n) is 5.93. The van der Waals surface area contributed by atoms with Crippen LogP contribution in [0, 0.1) is 5.92 Å². The fourth-order valence-corrected chi connectivity index (χ4v) is 5.93. The molecule has 8 nitrogen and oxygen atoms in total. The molecule has 1 unspecified atom stereocenters. The molecule has 0 radical (unpaired) electrons. The molecule has 40 heavy (non-hydrogen) atoms. The number of hydrogen-bond acceptors (Lipinski definition) is 8. The van der Waals surface area contributed by atoms with Crippen molar-refractivity contribution in [1.82, 2.24) is 4.90 Å². The Bertz CT molecular complexity index is 1480. The SMILES string of the molecule is CCOC(=O)C1CCN(CCCNc2cc3c(c4c2C(=O)c2ccccc2C4=O)N=C2C=C(C)C=CC2O3)CC1. The summed E-state index contributed by atoms with van der Waals surface area (Å²) in [6, 6.07) is 8.77. The van der Waals surface area contributed by atoms with Gasteiger partial charge in [-0.3, -0.25) is 14.4 Å². The second-order valence-corrected chi connectivity index (χ2v) is 10.7. The number of nitrogens with zero attached hydrogens (tertiary/aromatic N) is 2. The van der Waals surface area contributed by atoms with Crippen LogP contribution in [0.3, 0.4) is 0 Å². The molecule has 2 aliphatic carbocycles. The summed E-state index contributed by atoms with van der Waals surface area (Å²) >= 11 is 0. The number of hydrogen-bond donors (Lipinski definition) is 1. The average molecular weight is 540 g/mol. The van der Waals surface area contributed by atoms with Gasteiger partial charge < -0.3 is 19.7 Å². The van der Waals surface area contributed by atoms with Crippen LogP contribution in [0.5, 0.6) is 5.75 Å². The van der Waals surface area contributed by atoms with Gasteiger partial charge >= 0.3 is 5.97 Å². The highest BCUT2D eigenvalue weighted by Gasteiger charge is 2.38. The van der Waals surface area contributed by atoms with Crippen LogP contribution >= 0.6 is 0 Å². The molecule has 4 aliphatic rings. The normalized spacial score (nSPS) is 19.9. The molecule has 2 aromatic rings. The summed E-state index contributed by atoms with van der Waals surface area (Å²) in [4.78, 5) is 46.8. The summed E-state index contributed by atoms with van der Waals surface area (Å²) in [6.45, 7) is 7.45. The molecule has 206 valence electrons. The van der Waals surface area contributed by atoms with Crippen LogP contribution < -0.4 is 10.1 Å². The van der Waals surface area contributed by atoms with Crippen LogP contribution in [0.2, 0.25) is 0 Å². The van der Waals surface area contributed by atoms with Crippen molar-refractivity contribution < 1.29 is 23.9 Å². The van der Waals surface area contributed by atoms with Crippen LogP contribution in [0.4, 0.5) is 11.4 Å². The van der Waals surface area contributed by atoms with Gasteiger partial charge in [-0.15, -0.1) is 0 Å². The molecule has 0 saturated carbocycles. The smallest absolute Gasteiger partial charge is 0.309 e. The first-order chi connectivity index (χ1) is 19.4. The molecular weight excluding hydrogens is 506 g/mol. The van der Waals surface area contributed by atoms with Gasteiger partial charge in [-0.05, 0) is 70.5 Å². The van der Waals surface area contributed by atoms with E-state index in [0.29, 0.717) is 52.5 Å². The van der Waals surface area contributed by atoms with E-state index in [1.54, 1.807) is 24.3 Å². The highest BCUT2D eigenvalue weighted by molar-refractivity contribution is 6.32. The van der Waals surface area contributed by atoms with Crippen LogP contribution in [0.1, 0.15) is 65.0 Å². The van der Waals surface area contributed by atoms with Gasteiger partial charge in [0.05, 0.1) is 29.4 Å². The third kappa shape index (κ3) is 4.77. The zero-order valence-electron chi connectivity index (χ0n) is 22.9. The first-order valence-electron chi connectivity index (χ1n) is 14.1. The molecule has 0 aromatic heterocycles. The maximum atomic E-state index is 13.8. The van der Waals surface area contributed by atoms with Crippen molar-refractivity contribution in [3.8, 4) is 5.75 Å². The van der Waals surface area contributed by atoms with Gasteiger partial charge in [0.2, 0.25) is 0 Å². The summed E-state index contributed by atoms with van der Waals surface area (Å²) in [5.41, 5.74) is 4.24. The van der Waals surface area contributed by atoms with Crippen molar-refractivity contribution in [3.05, 3.63) is 76.4 Å². The molecular formula is C32H33N3O5.